The third-order valence-electron chi connectivity index (χ3n) is 3.44. The molecule has 2 aromatic carbocycles. The fourth-order valence-corrected chi connectivity index (χ4v) is 2.47. The van der Waals surface area contributed by atoms with Crippen LogP contribution in [-0.4, -0.2) is 12.5 Å². The lowest BCUT2D eigenvalue weighted by Gasteiger charge is -2.13. The zero-order chi connectivity index (χ0) is 15.2. The third-order valence-corrected chi connectivity index (χ3v) is 3.44. The molecule has 0 aromatic heterocycles. The van der Waals surface area contributed by atoms with E-state index < -0.39 is 6.04 Å². The molecule has 118 valence electrons. The van der Waals surface area contributed by atoms with Crippen molar-refractivity contribution in [3.8, 4) is 0 Å². The molecule has 0 spiro atoms. The molecule has 1 unspecified atom stereocenters. The van der Waals surface area contributed by atoms with Crippen molar-refractivity contribution < 1.29 is 4.79 Å². The maximum atomic E-state index is 12.0. The highest BCUT2D eigenvalue weighted by molar-refractivity contribution is 5.85. The summed E-state index contributed by atoms with van der Waals surface area (Å²) < 4.78 is 0. The van der Waals surface area contributed by atoms with Gasteiger partial charge in [-0.3, -0.25) is 4.79 Å². The van der Waals surface area contributed by atoms with E-state index in [0.717, 1.165) is 12.0 Å². The average Bonchev–Trinajstić information content (AvgIpc) is 2.46. The summed E-state index contributed by atoms with van der Waals surface area (Å²) in [5.74, 6) is -0.134. The lowest BCUT2D eigenvalue weighted by molar-refractivity contribution is -0.122. The van der Waals surface area contributed by atoms with Gasteiger partial charge in [-0.2, -0.15) is 0 Å². The highest BCUT2D eigenvalue weighted by atomic mass is 35.5. The van der Waals surface area contributed by atoms with E-state index in [0.29, 0.717) is 6.54 Å². The minimum atomic E-state index is -0.606. The minimum Gasteiger partial charge on any atom is -0.354 e. The van der Waals surface area contributed by atoms with E-state index in [-0.39, 0.29) is 18.3 Å². The number of nitrogens with one attached hydrogen (secondary N) is 1. The lowest BCUT2D eigenvalue weighted by Crippen LogP contribution is -2.35. The van der Waals surface area contributed by atoms with E-state index >= 15 is 0 Å². The van der Waals surface area contributed by atoms with Crippen LogP contribution in [-0.2, 0) is 11.2 Å². The lowest BCUT2D eigenvalue weighted by atomic mass is 10.0. The van der Waals surface area contributed by atoms with Crippen LogP contribution >= 0.6 is 12.4 Å². The van der Waals surface area contributed by atoms with Gasteiger partial charge in [-0.1, -0.05) is 59.7 Å². The summed E-state index contributed by atoms with van der Waals surface area (Å²) >= 11 is 0. The van der Waals surface area contributed by atoms with E-state index in [9.17, 15) is 4.79 Å². The molecule has 0 bridgehead atoms. The molecule has 0 fully saturated rings. The van der Waals surface area contributed by atoms with E-state index in [1.54, 1.807) is 0 Å². The Hall–Kier alpha value is -1.84. The zero-order valence-electron chi connectivity index (χ0n) is 13.0. The van der Waals surface area contributed by atoms with Gasteiger partial charge in [-0.15, -0.1) is 12.4 Å². The number of amides is 1. The Balaban J connectivity index is 0.00000242. The Morgan fingerprint density at radius 2 is 1.68 bits per heavy atom. The van der Waals surface area contributed by atoms with Crippen LogP contribution in [0.2, 0.25) is 0 Å². The van der Waals surface area contributed by atoms with Gasteiger partial charge in [0.15, 0.2) is 0 Å². The summed E-state index contributed by atoms with van der Waals surface area (Å²) in [4.78, 5) is 12.0. The van der Waals surface area contributed by atoms with E-state index in [1.807, 2.05) is 30.3 Å². The molecule has 22 heavy (non-hydrogen) atoms. The SMILES string of the molecule is Cc1cc(C)cc(CCNC(=O)C(N)c2ccccc2)c1.Cl. The van der Waals surface area contributed by atoms with Crippen molar-refractivity contribution in [3.05, 3.63) is 70.8 Å². The third kappa shape index (κ3) is 5.17. The molecule has 0 saturated heterocycles. The van der Waals surface area contributed by atoms with E-state index in [2.05, 4.69) is 37.4 Å². The molecule has 1 amide bonds. The van der Waals surface area contributed by atoms with Crippen molar-refractivity contribution >= 4 is 18.3 Å². The maximum Gasteiger partial charge on any atom is 0.241 e. The first-order chi connectivity index (χ1) is 10.1. The van der Waals surface area contributed by atoms with Gasteiger partial charge in [-0.25, -0.2) is 0 Å². The largest absolute Gasteiger partial charge is 0.354 e. The van der Waals surface area contributed by atoms with Crippen LogP contribution in [0.4, 0.5) is 0 Å². The van der Waals surface area contributed by atoms with Crippen molar-refractivity contribution in [2.45, 2.75) is 26.3 Å². The van der Waals surface area contributed by atoms with Crippen LogP contribution < -0.4 is 11.1 Å². The van der Waals surface area contributed by atoms with Gasteiger partial charge in [0, 0.05) is 6.54 Å². The predicted molar refractivity (Wildman–Crippen MR) is 93.2 cm³/mol. The molecule has 0 aliphatic rings. The number of carbonyl (C=O) groups excluding carboxylic acids is 1. The highest BCUT2D eigenvalue weighted by Gasteiger charge is 2.14. The Morgan fingerprint density at radius 1 is 1.09 bits per heavy atom. The number of hydrogen-bond acceptors (Lipinski definition) is 2. The number of hydrogen-bond donors (Lipinski definition) is 2. The number of benzene rings is 2. The van der Waals surface area contributed by atoms with Crippen molar-refractivity contribution in [2.75, 3.05) is 6.54 Å². The Morgan fingerprint density at radius 3 is 2.27 bits per heavy atom. The first kappa shape index (κ1) is 18.2. The molecule has 0 radical (unpaired) electrons. The first-order valence-corrected chi connectivity index (χ1v) is 7.21. The molecular weight excluding hydrogens is 296 g/mol. The van der Waals surface area contributed by atoms with Crippen molar-refractivity contribution in [1.29, 1.82) is 0 Å². The molecule has 2 rings (SSSR count). The van der Waals surface area contributed by atoms with Crippen molar-refractivity contribution in [3.63, 3.8) is 0 Å². The average molecular weight is 319 g/mol. The second-order valence-electron chi connectivity index (χ2n) is 5.43. The molecule has 0 aliphatic heterocycles. The number of carbonyl (C=O) groups is 1. The van der Waals surface area contributed by atoms with Crippen LogP contribution in [0, 0.1) is 13.8 Å². The van der Waals surface area contributed by atoms with Crippen LogP contribution in [0.3, 0.4) is 0 Å². The predicted octanol–water partition coefficient (Wildman–Crippen LogP) is 3.08. The van der Waals surface area contributed by atoms with E-state index in [4.69, 9.17) is 5.73 Å². The summed E-state index contributed by atoms with van der Waals surface area (Å²) in [5.41, 5.74) is 10.5. The molecule has 1 atom stereocenters. The summed E-state index contributed by atoms with van der Waals surface area (Å²) in [5, 5.41) is 2.90. The van der Waals surface area contributed by atoms with Gasteiger partial charge >= 0.3 is 0 Å². The topological polar surface area (TPSA) is 55.1 Å². The Kier molecular flexibility index (Phi) is 7.09. The maximum absolute atomic E-state index is 12.0. The fraction of sp³-hybridized carbons (Fsp3) is 0.278. The Bertz CT molecular complexity index is 593. The van der Waals surface area contributed by atoms with Crippen molar-refractivity contribution in [2.24, 2.45) is 5.73 Å². The van der Waals surface area contributed by atoms with E-state index in [1.165, 1.54) is 16.7 Å². The normalized spacial score (nSPS) is 11.4. The molecular formula is C18H23ClN2O. The second kappa shape index (κ2) is 8.57. The van der Waals surface area contributed by atoms with Crippen LogP contribution in [0.15, 0.2) is 48.5 Å². The molecule has 0 heterocycles. The fourth-order valence-electron chi connectivity index (χ4n) is 2.47. The first-order valence-electron chi connectivity index (χ1n) is 7.21. The Labute approximate surface area is 138 Å². The van der Waals surface area contributed by atoms with Gasteiger partial charge in [0.05, 0.1) is 0 Å². The molecule has 0 saturated carbocycles. The highest BCUT2D eigenvalue weighted by Crippen LogP contribution is 2.11. The van der Waals surface area contributed by atoms with Crippen molar-refractivity contribution in [1.82, 2.24) is 5.32 Å². The van der Waals surface area contributed by atoms with Gasteiger partial charge in [-0.05, 0) is 31.4 Å². The van der Waals surface area contributed by atoms with Gasteiger partial charge in [0.2, 0.25) is 5.91 Å². The monoisotopic (exact) mass is 318 g/mol. The standard InChI is InChI=1S/C18H22N2O.ClH/c1-13-10-14(2)12-15(11-13)8-9-20-18(21)17(19)16-6-4-3-5-7-16;/h3-7,10-12,17H,8-9,19H2,1-2H3,(H,20,21);1H. The molecule has 4 heteroatoms. The minimum absolute atomic E-state index is 0. The number of rotatable bonds is 5. The molecule has 3 N–H and O–H groups in total. The van der Waals surface area contributed by atoms with Gasteiger partial charge in [0.1, 0.15) is 6.04 Å². The summed E-state index contributed by atoms with van der Waals surface area (Å²) in [6, 6.07) is 15.3. The van der Waals surface area contributed by atoms with Crippen LogP contribution in [0.25, 0.3) is 0 Å². The molecule has 2 aromatic rings. The van der Waals surface area contributed by atoms with Crippen LogP contribution in [0.5, 0.6) is 0 Å². The second-order valence-corrected chi connectivity index (χ2v) is 5.43. The molecule has 3 nitrogen and oxygen atoms in total. The summed E-state index contributed by atoms with van der Waals surface area (Å²) in [6.45, 7) is 4.77. The quantitative estimate of drug-likeness (QED) is 0.890. The van der Waals surface area contributed by atoms with Gasteiger partial charge in [0.25, 0.3) is 0 Å². The van der Waals surface area contributed by atoms with Crippen LogP contribution in [0.1, 0.15) is 28.3 Å². The number of halogens is 1. The summed E-state index contributed by atoms with van der Waals surface area (Å²) in [7, 11) is 0. The summed E-state index contributed by atoms with van der Waals surface area (Å²) in [6.07, 6.45) is 0.815. The smallest absolute Gasteiger partial charge is 0.241 e. The number of nitrogens with two attached hydrogens (primary N) is 1. The number of aryl methyl sites for hydroxylation is 2. The molecule has 0 aliphatic carbocycles. The zero-order valence-corrected chi connectivity index (χ0v) is 13.8. The van der Waals surface area contributed by atoms with Gasteiger partial charge < -0.3 is 11.1 Å².